The van der Waals surface area contributed by atoms with Gasteiger partial charge in [0.2, 0.25) is 11.8 Å². The number of rotatable bonds is 4. The molecule has 1 rings (SSSR count). The van der Waals surface area contributed by atoms with Crippen molar-refractivity contribution in [3.63, 3.8) is 0 Å². The third-order valence-corrected chi connectivity index (χ3v) is 2.42. The molecule has 1 heterocycles. The highest BCUT2D eigenvalue weighted by Gasteiger charge is 2.18. The molecule has 19 heavy (non-hydrogen) atoms. The number of nitrogens with zero attached hydrogens (tertiary/aromatic N) is 2. The van der Waals surface area contributed by atoms with Crippen LogP contribution in [0.25, 0.3) is 0 Å². The molecular weight excluding hydrogens is 242 g/mol. The van der Waals surface area contributed by atoms with E-state index in [1.807, 2.05) is 32.9 Å². The Balaban J connectivity index is 2.64. The summed E-state index contributed by atoms with van der Waals surface area (Å²) in [6.45, 7) is 7.67. The summed E-state index contributed by atoms with van der Waals surface area (Å²) < 4.78 is 0. The Morgan fingerprint density at radius 2 is 1.84 bits per heavy atom. The molecule has 5 nitrogen and oxygen atoms in total. The summed E-state index contributed by atoms with van der Waals surface area (Å²) in [6.07, 6.45) is 3.34. The van der Waals surface area contributed by atoms with E-state index in [0.29, 0.717) is 6.54 Å². The van der Waals surface area contributed by atoms with Crippen LogP contribution in [0.4, 0.5) is 0 Å². The van der Waals surface area contributed by atoms with Crippen molar-refractivity contribution >= 4 is 11.8 Å². The highest BCUT2D eigenvalue weighted by Crippen LogP contribution is 2.04. The Hall–Kier alpha value is -1.91. The van der Waals surface area contributed by atoms with E-state index >= 15 is 0 Å². The zero-order valence-electron chi connectivity index (χ0n) is 11.9. The normalized spacial score (nSPS) is 10.9. The third kappa shape index (κ3) is 5.99. The monoisotopic (exact) mass is 263 g/mol. The minimum atomic E-state index is -0.295. The summed E-state index contributed by atoms with van der Waals surface area (Å²) in [5, 5.41) is 2.85. The Morgan fingerprint density at radius 1 is 1.26 bits per heavy atom. The summed E-state index contributed by atoms with van der Waals surface area (Å²) in [5.41, 5.74) is 0.657. The van der Waals surface area contributed by atoms with Gasteiger partial charge in [-0.1, -0.05) is 0 Å². The second-order valence-corrected chi connectivity index (χ2v) is 5.53. The molecule has 1 N–H and O–H groups in total. The van der Waals surface area contributed by atoms with Crippen LogP contribution in [0.15, 0.2) is 24.5 Å². The number of amides is 2. The molecule has 0 aliphatic heterocycles. The second-order valence-electron chi connectivity index (χ2n) is 5.53. The number of nitrogens with one attached hydrogen (secondary N) is 1. The lowest BCUT2D eigenvalue weighted by molar-refractivity contribution is -0.135. The minimum absolute atomic E-state index is 0.0644. The average Bonchev–Trinajstić information content (AvgIpc) is 2.26. The zero-order valence-corrected chi connectivity index (χ0v) is 11.9. The van der Waals surface area contributed by atoms with Crippen LogP contribution in [0.2, 0.25) is 0 Å². The van der Waals surface area contributed by atoms with Gasteiger partial charge in [-0.2, -0.15) is 0 Å². The van der Waals surface area contributed by atoms with Crippen LogP contribution in [0.3, 0.4) is 0 Å². The van der Waals surface area contributed by atoms with Gasteiger partial charge in [-0.3, -0.25) is 14.6 Å². The fourth-order valence-electron chi connectivity index (χ4n) is 1.62. The standard InChI is InChI=1S/C14H21N3O2/c1-11(18)17(9-12-5-7-15-8-6-12)10-13(19)16-14(2,3)4/h5-8H,9-10H2,1-4H3,(H,16,19). The molecule has 1 aromatic rings. The molecule has 2 amide bonds. The van der Waals surface area contributed by atoms with Crippen LogP contribution in [0.1, 0.15) is 33.3 Å². The van der Waals surface area contributed by atoms with Crippen molar-refractivity contribution in [1.82, 2.24) is 15.2 Å². The molecular formula is C14H21N3O2. The van der Waals surface area contributed by atoms with Crippen molar-refractivity contribution in [2.45, 2.75) is 39.8 Å². The van der Waals surface area contributed by atoms with Gasteiger partial charge in [0.15, 0.2) is 0 Å². The Kier molecular flexibility index (Phi) is 5.03. The maximum atomic E-state index is 11.8. The number of hydrogen-bond donors (Lipinski definition) is 1. The Bertz CT molecular complexity index is 438. The van der Waals surface area contributed by atoms with Crippen molar-refractivity contribution in [3.8, 4) is 0 Å². The largest absolute Gasteiger partial charge is 0.350 e. The SMILES string of the molecule is CC(=O)N(CC(=O)NC(C)(C)C)Cc1ccncc1. The van der Waals surface area contributed by atoms with Gasteiger partial charge in [-0.15, -0.1) is 0 Å². The molecule has 0 spiro atoms. The molecule has 0 aliphatic carbocycles. The molecule has 0 saturated carbocycles. The molecule has 0 bridgehead atoms. The first kappa shape index (κ1) is 15.1. The van der Waals surface area contributed by atoms with Crippen LogP contribution in [-0.4, -0.2) is 33.8 Å². The number of aromatic nitrogens is 1. The predicted octanol–water partition coefficient (Wildman–Crippen LogP) is 1.34. The summed E-state index contributed by atoms with van der Waals surface area (Å²) in [4.78, 5) is 28.9. The van der Waals surface area contributed by atoms with Gasteiger partial charge in [0.25, 0.3) is 0 Å². The average molecular weight is 263 g/mol. The second kappa shape index (κ2) is 6.31. The molecule has 0 aromatic carbocycles. The van der Waals surface area contributed by atoms with Crippen LogP contribution >= 0.6 is 0 Å². The summed E-state index contributed by atoms with van der Waals surface area (Å²) in [6, 6.07) is 3.66. The lowest BCUT2D eigenvalue weighted by Crippen LogP contribution is -2.46. The van der Waals surface area contributed by atoms with Gasteiger partial charge in [0.1, 0.15) is 0 Å². The minimum Gasteiger partial charge on any atom is -0.350 e. The van der Waals surface area contributed by atoms with E-state index in [0.717, 1.165) is 5.56 Å². The lowest BCUT2D eigenvalue weighted by Gasteiger charge is -2.25. The molecule has 0 radical (unpaired) electrons. The van der Waals surface area contributed by atoms with E-state index in [2.05, 4.69) is 10.3 Å². The van der Waals surface area contributed by atoms with Crippen LogP contribution in [0.5, 0.6) is 0 Å². The van der Waals surface area contributed by atoms with E-state index in [4.69, 9.17) is 0 Å². The van der Waals surface area contributed by atoms with Crippen molar-refractivity contribution in [2.24, 2.45) is 0 Å². The Morgan fingerprint density at radius 3 is 2.32 bits per heavy atom. The fraction of sp³-hybridized carbons (Fsp3) is 0.500. The summed E-state index contributed by atoms with van der Waals surface area (Å²) >= 11 is 0. The molecule has 0 fully saturated rings. The molecule has 0 atom stereocenters. The van der Waals surface area contributed by atoms with E-state index < -0.39 is 0 Å². The van der Waals surface area contributed by atoms with Gasteiger partial charge in [0.05, 0.1) is 6.54 Å². The summed E-state index contributed by atoms with van der Waals surface area (Å²) in [7, 11) is 0. The molecule has 0 aliphatic rings. The predicted molar refractivity (Wildman–Crippen MR) is 73.2 cm³/mol. The highest BCUT2D eigenvalue weighted by atomic mass is 16.2. The van der Waals surface area contributed by atoms with Crippen LogP contribution in [-0.2, 0) is 16.1 Å². The van der Waals surface area contributed by atoms with Gasteiger partial charge >= 0.3 is 0 Å². The van der Waals surface area contributed by atoms with E-state index in [1.165, 1.54) is 11.8 Å². The van der Waals surface area contributed by atoms with Crippen LogP contribution in [0, 0.1) is 0 Å². The fourth-order valence-corrected chi connectivity index (χ4v) is 1.62. The van der Waals surface area contributed by atoms with Crippen molar-refractivity contribution < 1.29 is 9.59 Å². The maximum absolute atomic E-state index is 11.8. The lowest BCUT2D eigenvalue weighted by atomic mass is 10.1. The number of carbonyl (C=O) groups excluding carboxylic acids is 2. The van der Waals surface area contributed by atoms with Gasteiger partial charge < -0.3 is 10.2 Å². The first-order valence-electron chi connectivity index (χ1n) is 6.23. The molecule has 5 heteroatoms. The third-order valence-electron chi connectivity index (χ3n) is 2.42. The van der Waals surface area contributed by atoms with E-state index in [-0.39, 0.29) is 23.9 Å². The van der Waals surface area contributed by atoms with E-state index in [1.54, 1.807) is 12.4 Å². The van der Waals surface area contributed by atoms with Crippen molar-refractivity contribution in [2.75, 3.05) is 6.54 Å². The topological polar surface area (TPSA) is 62.3 Å². The first-order chi connectivity index (χ1) is 8.78. The van der Waals surface area contributed by atoms with Crippen LogP contribution < -0.4 is 5.32 Å². The van der Waals surface area contributed by atoms with Gasteiger partial charge in [0, 0.05) is 31.4 Å². The highest BCUT2D eigenvalue weighted by molar-refractivity contribution is 5.84. The molecule has 104 valence electrons. The quantitative estimate of drug-likeness (QED) is 0.891. The summed E-state index contributed by atoms with van der Waals surface area (Å²) in [5.74, 6) is -0.280. The number of pyridine rings is 1. The molecule has 1 aromatic heterocycles. The molecule has 0 saturated heterocycles. The Labute approximate surface area is 114 Å². The van der Waals surface area contributed by atoms with Crippen molar-refractivity contribution in [3.05, 3.63) is 30.1 Å². The zero-order chi connectivity index (χ0) is 14.5. The number of hydrogen-bond acceptors (Lipinski definition) is 3. The van der Waals surface area contributed by atoms with Gasteiger partial charge in [-0.05, 0) is 38.5 Å². The van der Waals surface area contributed by atoms with Crippen molar-refractivity contribution in [1.29, 1.82) is 0 Å². The van der Waals surface area contributed by atoms with Gasteiger partial charge in [-0.25, -0.2) is 0 Å². The smallest absolute Gasteiger partial charge is 0.240 e. The first-order valence-corrected chi connectivity index (χ1v) is 6.23. The maximum Gasteiger partial charge on any atom is 0.240 e. The van der Waals surface area contributed by atoms with E-state index in [9.17, 15) is 9.59 Å². The molecule has 0 unspecified atom stereocenters. The number of carbonyl (C=O) groups is 2.